The number of nitrogens with zero attached hydrogens (tertiary/aromatic N) is 2. The molecule has 0 saturated heterocycles. The Labute approximate surface area is 65.9 Å². The molecule has 1 aromatic heterocycles. The van der Waals surface area contributed by atoms with Crippen LogP contribution in [0.1, 0.15) is 18.3 Å². The third-order valence-corrected chi connectivity index (χ3v) is 1.53. The molecule has 0 fully saturated rings. The van der Waals surface area contributed by atoms with Gasteiger partial charge in [-0.25, -0.2) is 4.63 Å². The monoisotopic (exact) mass is 155 g/mol. The number of hydrogen-bond acceptors (Lipinski definition) is 4. The van der Waals surface area contributed by atoms with Crippen LogP contribution in [0, 0.1) is 6.92 Å². The van der Waals surface area contributed by atoms with E-state index in [1.54, 1.807) is 0 Å². The number of aryl methyl sites for hydroxylation is 1. The van der Waals surface area contributed by atoms with E-state index in [0.717, 1.165) is 30.9 Å². The molecule has 1 heterocycles. The highest BCUT2D eigenvalue weighted by Crippen LogP contribution is 1.99. The summed E-state index contributed by atoms with van der Waals surface area (Å²) in [5.41, 5.74) is 1.84. The van der Waals surface area contributed by atoms with Gasteiger partial charge in [-0.3, -0.25) is 0 Å². The lowest BCUT2D eigenvalue weighted by Crippen LogP contribution is -2.16. The van der Waals surface area contributed by atoms with Crippen molar-refractivity contribution in [3.8, 4) is 0 Å². The van der Waals surface area contributed by atoms with E-state index in [4.69, 9.17) is 0 Å². The second-order valence-corrected chi connectivity index (χ2v) is 2.40. The molecule has 4 nitrogen and oxygen atoms in total. The molecule has 0 bridgehead atoms. The third-order valence-electron chi connectivity index (χ3n) is 1.53. The Morgan fingerprint density at radius 1 is 1.45 bits per heavy atom. The van der Waals surface area contributed by atoms with Crippen molar-refractivity contribution in [3.05, 3.63) is 11.4 Å². The highest BCUT2D eigenvalue weighted by Gasteiger charge is 2.02. The number of likely N-dealkylation sites (N-methyl/N-ethyl adjacent to an activating group) is 1. The molecule has 0 aromatic carbocycles. The lowest BCUT2D eigenvalue weighted by Gasteiger charge is -1.96. The highest BCUT2D eigenvalue weighted by atomic mass is 16.6. The molecule has 0 unspecified atom stereocenters. The van der Waals surface area contributed by atoms with Crippen LogP contribution in [-0.2, 0) is 6.42 Å². The fourth-order valence-electron chi connectivity index (χ4n) is 0.860. The number of aromatic nitrogens is 2. The van der Waals surface area contributed by atoms with Crippen LogP contribution in [0.25, 0.3) is 0 Å². The summed E-state index contributed by atoms with van der Waals surface area (Å²) in [5.74, 6) is 0. The van der Waals surface area contributed by atoms with Crippen molar-refractivity contribution < 1.29 is 4.63 Å². The smallest absolute Gasteiger partial charge is 0.109 e. The van der Waals surface area contributed by atoms with Crippen LogP contribution in [-0.4, -0.2) is 23.4 Å². The van der Waals surface area contributed by atoms with Gasteiger partial charge in [0.1, 0.15) is 11.4 Å². The lowest BCUT2D eigenvalue weighted by molar-refractivity contribution is 0.301. The van der Waals surface area contributed by atoms with Crippen molar-refractivity contribution in [1.82, 2.24) is 15.6 Å². The zero-order valence-corrected chi connectivity index (χ0v) is 6.92. The maximum Gasteiger partial charge on any atom is 0.109 e. The maximum absolute atomic E-state index is 4.55. The standard InChI is InChI=1S/C7H13N3O/c1-3-8-5-4-7-6(2)9-11-10-7/h8H,3-5H2,1-2H3. The van der Waals surface area contributed by atoms with E-state index in [1.807, 2.05) is 6.92 Å². The number of hydrogen-bond donors (Lipinski definition) is 1. The molecule has 1 N–H and O–H groups in total. The van der Waals surface area contributed by atoms with Crippen molar-refractivity contribution in [1.29, 1.82) is 0 Å². The van der Waals surface area contributed by atoms with E-state index in [9.17, 15) is 0 Å². The van der Waals surface area contributed by atoms with Gasteiger partial charge >= 0.3 is 0 Å². The summed E-state index contributed by atoms with van der Waals surface area (Å²) in [7, 11) is 0. The Hall–Kier alpha value is -0.900. The van der Waals surface area contributed by atoms with Gasteiger partial charge < -0.3 is 5.32 Å². The Morgan fingerprint density at radius 2 is 2.27 bits per heavy atom. The van der Waals surface area contributed by atoms with Gasteiger partial charge in [0.25, 0.3) is 0 Å². The van der Waals surface area contributed by atoms with Gasteiger partial charge in [-0.1, -0.05) is 17.2 Å². The first-order valence-electron chi connectivity index (χ1n) is 3.83. The molecular weight excluding hydrogens is 142 g/mol. The van der Waals surface area contributed by atoms with Gasteiger partial charge in [0, 0.05) is 13.0 Å². The van der Waals surface area contributed by atoms with Gasteiger partial charge in [0.15, 0.2) is 0 Å². The number of nitrogens with one attached hydrogen (secondary N) is 1. The van der Waals surface area contributed by atoms with Gasteiger partial charge in [0.2, 0.25) is 0 Å². The minimum absolute atomic E-state index is 0.892. The topological polar surface area (TPSA) is 51.0 Å². The lowest BCUT2D eigenvalue weighted by atomic mass is 10.2. The summed E-state index contributed by atoms with van der Waals surface area (Å²) in [6.45, 7) is 5.90. The van der Waals surface area contributed by atoms with Gasteiger partial charge in [-0.2, -0.15) is 0 Å². The van der Waals surface area contributed by atoms with Crippen molar-refractivity contribution in [2.45, 2.75) is 20.3 Å². The first kappa shape index (κ1) is 8.20. The molecule has 0 aliphatic rings. The van der Waals surface area contributed by atoms with Crippen molar-refractivity contribution in [3.63, 3.8) is 0 Å². The summed E-state index contributed by atoms with van der Waals surface area (Å²) >= 11 is 0. The predicted molar refractivity (Wildman–Crippen MR) is 41.3 cm³/mol. The SMILES string of the molecule is CCNCCc1nonc1C. The molecule has 0 spiro atoms. The molecule has 11 heavy (non-hydrogen) atoms. The van der Waals surface area contributed by atoms with Crippen LogP contribution < -0.4 is 5.32 Å². The first-order chi connectivity index (χ1) is 5.34. The summed E-state index contributed by atoms with van der Waals surface area (Å²) in [4.78, 5) is 0. The molecule has 0 radical (unpaired) electrons. The summed E-state index contributed by atoms with van der Waals surface area (Å²) in [6, 6.07) is 0. The third kappa shape index (κ3) is 2.31. The van der Waals surface area contributed by atoms with E-state index < -0.39 is 0 Å². The minimum Gasteiger partial charge on any atom is -0.317 e. The molecule has 1 aromatic rings. The average Bonchev–Trinajstić information content (AvgIpc) is 2.37. The summed E-state index contributed by atoms with van der Waals surface area (Å²) in [6.07, 6.45) is 0.892. The Balaban J connectivity index is 2.32. The molecule has 0 aliphatic heterocycles. The molecule has 62 valence electrons. The fraction of sp³-hybridized carbons (Fsp3) is 0.714. The zero-order valence-electron chi connectivity index (χ0n) is 6.92. The van der Waals surface area contributed by atoms with Crippen LogP contribution in [0.2, 0.25) is 0 Å². The molecule has 1 rings (SSSR count). The van der Waals surface area contributed by atoms with Gasteiger partial charge in [-0.05, 0) is 13.5 Å². The van der Waals surface area contributed by atoms with Gasteiger partial charge in [0.05, 0.1) is 0 Å². The average molecular weight is 155 g/mol. The van der Waals surface area contributed by atoms with Crippen LogP contribution in [0.3, 0.4) is 0 Å². The van der Waals surface area contributed by atoms with Crippen LogP contribution >= 0.6 is 0 Å². The second kappa shape index (κ2) is 4.08. The largest absolute Gasteiger partial charge is 0.317 e. The van der Waals surface area contributed by atoms with Crippen molar-refractivity contribution in [2.24, 2.45) is 0 Å². The molecule has 4 heteroatoms. The highest BCUT2D eigenvalue weighted by molar-refractivity contribution is 5.04. The minimum atomic E-state index is 0.892. The van der Waals surface area contributed by atoms with E-state index >= 15 is 0 Å². The predicted octanol–water partition coefficient (Wildman–Crippen LogP) is 0.530. The van der Waals surface area contributed by atoms with Crippen LogP contribution in [0.4, 0.5) is 0 Å². The van der Waals surface area contributed by atoms with Gasteiger partial charge in [-0.15, -0.1) is 0 Å². The Morgan fingerprint density at radius 3 is 2.82 bits per heavy atom. The molecular formula is C7H13N3O. The quantitative estimate of drug-likeness (QED) is 0.644. The first-order valence-corrected chi connectivity index (χ1v) is 3.83. The van der Waals surface area contributed by atoms with Crippen LogP contribution in [0.5, 0.6) is 0 Å². The Bertz CT molecular complexity index is 209. The zero-order chi connectivity index (χ0) is 8.10. The van der Waals surface area contributed by atoms with E-state index in [-0.39, 0.29) is 0 Å². The molecule has 0 aliphatic carbocycles. The maximum atomic E-state index is 4.55. The fourth-order valence-corrected chi connectivity index (χ4v) is 0.860. The van der Waals surface area contributed by atoms with Crippen LogP contribution in [0.15, 0.2) is 4.63 Å². The Kier molecular flexibility index (Phi) is 3.04. The van der Waals surface area contributed by atoms with E-state index in [2.05, 4.69) is 27.2 Å². The van der Waals surface area contributed by atoms with E-state index in [1.165, 1.54) is 0 Å². The van der Waals surface area contributed by atoms with E-state index in [0.29, 0.717) is 0 Å². The van der Waals surface area contributed by atoms with Crippen molar-refractivity contribution in [2.75, 3.05) is 13.1 Å². The molecule has 0 saturated carbocycles. The number of rotatable bonds is 4. The van der Waals surface area contributed by atoms with Crippen molar-refractivity contribution >= 4 is 0 Å². The molecule has 0 atom stereocenters. The second-order valence-electron chi connectivity index (χ2n) is 2.40. The molecule has 0 amide bonds. The summed E-state index contributed by atoms with van der Waals surface area (Å²) in [5, 5.41) is 10.6. The summed E-state index contributed by atoms with van der Waals surface area (Å²) < 4.78 is 4.55. The normalized spacial score (nSPS) is 10.4.